The van der Waals surface area contributed by atoms with Crippen molar-refractivity contribution in [1.29, 1.82) is 0 Å². The standard InChI is InChI=1S/C19H38O4S/c1-5-6-7-8-9-10-12-17(19(20-2,21-3)22-4)13-11-14-24-16-18-15-23-18/h17-18H,5-16H2,1-4H3. The third-order valence-corrected chi connectivity index (χ3v) is 5.99. The first kappa shape index (κ1) is 22.2. The van der Waals surface area contributed by atoms with E-state index in [1.807, 2.05) is 11.8 Å². The predicted octanol–water partition coefficient (Wildman–Crippen LogP) is 4.86. The van der Waals surface area contributed by atoms with Crippen LogP contribution in [0.15, 0.2) is 0 Å². The third-order valence-electron chi connectivity index (χ3n) is 4.81. The molecule has 24 heavy (non-hydrogen) atoms. The maximum atomic E-state index is 5.63. The Morgan fingerprint density at radius 1 is 0.958 bits per heavy atom. The van der Waals surface area contributed by atoms with Crippen LogP contribution in [0.4, 0.5) is 0 Å². The zero-order valence-electron chi connectivity index (χ0n) is 16.2. The molecule has 0 N–H and O–H groups in total. The van der Waals surface area contributed by atoms with Crippen LogP contribution in [-0.4, -0.2) is 51.5 Å². The van der Waals surface area contributed by atoms with Crippen molar-refractivity contribution in [2.45, 2.75) is 76.8 Å². The van der Waals surface area contributed by atoms with E-state index in [4.69, 9.17) is 18.9 Å². The van der Waals surface area contributed by atoms with E-state index < -0.39 is 5.97 Å². The Kier molecular flexibility index (Phi) is 12.4. The summed E-state index contributed by atoms with van der Waals surface area (Å²) in [5.41, 5.74) is 0. The summed E-state index contributed by atoms with van der Waals surface area (Å²) in [6, 6.07) is 0. The van der Waals surface area contributed by atoms with Crippen LogP contribution < -0.4 is 0 Å². The van der Waals surface area contributed by atoms with Gasteiger partial charge in [-0.05, 0) is 25.0 Å². The third kappa shape index (κ3) is 8.52. The molecule has 0 aromatic rings. The Labute approximate surface area is 153 Å². The van der Waals surface area contributed by atoms with Crippen molar-refractivity contribution in [3.63, 3.8) is 0 Å². The van der Waals surface area contributed by atoms with Crippen LogP contribution in [0.25, 0.3) is 0 Å². The Morgan fingerprint density at radius 3 is 2.12 bits per heavy atom. The maximum absolute atomic E-state index is 5.63. The Morgan fingerprint density at radius 2 is 1.54 bits per heavy atom. The van der Waals surface area contributed by atoms with E-state index in [1.54, 1.807) is 21.3 Å². The molecule has 0 bridgehead atoms. The quantitative estimate of drug-likeness (QED) is 0.210. The van der Waals surface area contributed by atoms with Crippen molar-refractivity contribution < 1.29 is 18.9 Å². The summed E-state index contributed by atoms with van der Waals surface area (Å²) in [6.07, 6.45) is 11.7. The average molecular weight is 363 g/mol. The number of thioether (sulfide) groups is 1. The molecule has 0 saturated carbocycles. The number of hydrogen-bond donors (Lipinski definition) is 0. The SMILES string of the molecule is CCCCCCCCC(CCCSCC1CO1)C(OC)(OC)OC. The molecule has 1 aliphatic heterocycles. The van der Waals surface area contributed by atoms with E-state index in [1.165, 1.54) is 44.3 Å². The highest BCUT2D eigenvalue weighted by atomic mass is 32.2. The van der Waals surface area contributed by atoms with Crippen LogP contribution in [-0.2, 0) is 18.9 Å². The molecule has 1 fully saturated rings. The number of rotatable bonds is 17. The van der Waals surface area contributed by atoms with Gasteiger partial charge in [-0.1, -0.05) is 45.4 Å². The van der Waals surface area contributed by atoms with Crippen LogP contribution in [0, 0.1) is 5.92 Å². The molecular weight excluding hydrogens is 324 g/mol. The molecule has 2 atom stereocenters. The molecule has 144 valence electrons. The van der Waals surface area contributed by atoms with E-state index in [9.17, 15) is 0 Å². The van der Waals surface area contributed by atoms with Crippen LogP contribution >= 0.6 is 11.8 Å². The smallest absolute Gasteiger partial charge is 0.285 e. The van der Waals surface area contributed by atoms with E-state index >= 15 is 0 Å². The first-order valence-electron chi connectivity index (χ1n) is 9.57. The van der Waals surface area contributed by atoms with Gasteiger partial charge >= 0.3 is 0 Å². The van der Waals surface area contributed by atoms with Gasteiger partial charge in [-0.25, -0.2) is 0 Å². The molecule has 0 aliphatic carbocycles. The topological polar surface area (TPSA) is 40.2 Å². The normalized spacial score (nSPS) is 18.8. The molecule has 4 nitrogen and oxygen atoms in total. The molecule has 1 heterocycles. The summed E-state index contributed by atoms with van der Waals surface area (Å²) in [6.45, 7) is 3.21. The Balaban J connectivity index is 2.32. The van der Waals surface area contributed by atoms with Crippen LogP contribution in [0.2, 0.25) is 0 Å². The van der Waals surface area contributed by atoms with Gasteiger partial charge in [0.2, 0.25) is 0 Å². The molecule has 5 heteroatoms. The lowest BCUT2D eigenvalue weighted by Crippen LogP contribution is -2.44. The molecule has 0 amide bonds. The van der Waals surface area contributed by atoms with Crippen molar-refractivity contribution in [1.82, 2.24) is 0 Å². The molecule has 1 aliphatic rings. The fourth-order valence-corrected chi connectivity index (χ4v) is 4.22. The van der Waals surface area contributed by atoms with E-state index in [0.29, 0.717) is 6.10 Å². The fourth-order valence-electron chi connectivity index (χ4n) is 3.23. The highest BCUT2D eigenvalue weighted by molar-refractivity contribution is 7.99. The lowest BCUT2D eigenvalue weighted by Gasteiger charge is -2.36. The van der Waals surface area contributed by atoms with Gasteiger partial charge in [-0.3, -0.25) is 0 Å². The summed E-state index contributed by atoms with van der Waals surface area (Å²) < 4.78 is 22.1. The van der Waals surface area contributed by atoms with Gasteiger partial charge in [-0.2, -0.15) is 11.8 Å². The summed E-state index contributed by atoms with van der Waals surface area (Å²) in [4.78, 5) is 0. The zero-order valence-corrected chi connectivity index (χ0v) is 17.0. The van der Waals surface area contributed by atoms with E-state index in [-0.39, 0.29) is 5.92 Å². The average Bonchev–Trinajstić information content (AvgIpc) is 3.43. The highest BCUT2D eigenvalue weighted by Gasteiger charge is 2.39. The van der Waals surface area contributed by atoms with E-state index in [0.717, 1.165) is 31.6 Å². The molecule has 0 aromatic carbocycles. The zero-order chi connectivity index (χ0) is 17.7. The lowest BCUT2D eigenvalue weighted by atomic mass is 9.93. The second-order valence-electron chi connectivity index (χ2n) is 6.64. The largest absolute Gasteiger partial charge is 0.372 e. The van der Waals surface area contributed by atoms with Crippen molar-refractivity contribution in [2.75, 3.05) is 39.4 Å². The summed E-state index contributed by atoms with van der Waals surface area (Å²) >= 11 is 1.99. The molecule has 2 unspecified atom stereocenters. The molecule has 1 saturated heterocycles. The molecule has 1 rings (SSSR count). The van der Waals surface area contributed by atoms with Gasteiger partial charge in [0.25, 0.3) is 5.97 Å². The Hall–Kier alpha value is 0.190. The monoisotopic (exact) mass is 362 g/mol. The second-order valence-corrected chi connectivity index (χ2v) is 7.79. The minimum atomic E-state index is -0.895. The Bertz CT molecular complexity index is 285. The summed E-state index contributed by atoms with van der Waals surface area (Å²) in [5.74, 6) is 1.68. The summed E-state index contributed by atoms with van der Waals surface area (Å²) in [7, 11) is 5.04. The van der Waals surface area contributed by atoms with Crippen LogP contribution in [0.3, 0.4) is 0 Å². The van der Waals surface area contributed by atoms with Gasteiger partial charge in [-0.15, -0.1) is 0 Å². The molecule has 0 spiro atoms. The van der Waals surface area contributed by atoms with Crippen molar-refractivity contribution in [2.24, 2.45) is 5.92 Å². The predicted molar refractivity (Wildman–Crippen MR) is 102 cm³/mol. The summed E-state index contributed by atoms with van der Waals surface area (Å²) in [5, 5.41) is 0. The van der Waals surface area contributed by atoms with Crippen molar-refractivity contribution in [3.05, 3.63) is 0 Å². The number of unbranched alkanes of at least 4 members (excludes halogenated alkanes) is 5. The van der Waals surface area contributed by atoms with Gasteiger partial charge in [0.15, 0.2) is 0 Å². The first-order chi connectivity index (χ1) is 11.7. The number of methoxy groups -OCH3 is 3. The number of hydrogen-bond acceptors (Lipinski definition) is 5. The van der Waals surface area contributed by atoms with Gasteiger partial charge in [0.05, 0.1) is 12.7 Å². The first-order valence-corrected chi connectivity index (χ1v) is 10.7. The molecule has 0 aromatic heterocycles. The van der Waals surface area contributed by atoms with Gasteiger partial charge in [0, 0.05) is 33.0 Å². The molecular formula is C19H38O4S. The van der Waals surface area contributed by atoms with E-state index in [2.05, 4.69) is 6.92 Å². The molecule has 0 radical (unpaired) electrons. The van der Waals surface area contributed by atoms with Crippen LogP contribution in [0.1, 0.15) is 64.7 Å². The second kappa shape index (κ2) is 13.4. The van der Waals surface area contributed by atoms with Crippen LogP contribution in [0.5, 0.6) is 0 Å². The van der Waals surface area contributed by atoms with Gasteiger partial charge < -0.3 is 18.9 Å². The lowest BCUT2D eigenvalue weighted by molar-refractivity contribution is -0.380. The maximum Gasteiger partial charge on any atom is 0.285 e. The minimum absolute atomic E-state index is 0.279. The minimum Gasteiger partial charge on any atom is -0.372 e. The van der Waals surface area contributed by atoms with Crippen molar-refractivity contribution in [3.8, 4) is 0 Å². The number of ether oxygens (including phenoxy) is 4. The number of epoxide rings is 1. The van der Waals surface area contributed by atoms with Crippen molar-refractivity contribution >= 4 is 11.8 Å². The highest BCUT2D eigenvalue weighted by Crippen LogP contribution is 2.33. The fraction of sp³-hybridized carbons (Fsp3) is 1.00. The van der Waals surface area contributed by atoms with Gasteiger partial charge in [0.1, 0.15) is 0 Å².